The van der Waals surface area contributed by atoms with E-state index in [1.807, 2.05) is 25.1 Å². The van der Waals surface area contributed by atoms with Crippen molar-refractivity contribution in [3.8, 4) is 0 Å². The molecule has 1 rings (SSSR count). The summed E-state index contributed by atoms with van der Waals surface area (Å²) in [7, 11) is 0. The molecule has 3 nitrogen and oxygen atoms in total. The zero-order valence-electron chi connectivity index (χ0n) is 8.01. The molecule has 0 saturated carbocycles. The van der Waals surface area contributed by atoms with Crippen LogP contribution < -0.4 is 11.1 Å². The first-order chi connectivity index (χ1) is 6.63. The number of carbonyl (C=O) groups excluding carboxylic acids is 1. The zero-order valence-corrected chi connectivity index (χ0v) is 10.2. The van der Waals surface area contributed by atoms with Crippen LogP contribution in [0.3, 0.4) is 0 Å². The molecule has 1 amide bonds. The average molecular weight is 304 g/mol. The maximum Gasteiger partial charge on any atom is 0.225 e. The van der Waals surface area contributed by atoms with E-state index in [4.69, 9.17) is 5.73 Å². The van der Waals surface area contributed by atoms with Crippen LogP contribution in [0.15, 0.2) is 18.2 Å². The van der Waals surface area contributed by atoms with Gasteiger partial charge in [0.1, 0.15) is 0 Å². The van der Waals surface area contributed by atoms with Crippen LogP contribution in [0, 0.1) is 10.5 Å². The van der Waals surface area contributed by atoms with Crippen molar-refractivity contribution in [2.24, 2.45) is 5.73 Å². The Balaban J connectivity index is 2.72. The minimum atomic E-state index is -0.0307. The molecule has 0 fully saturated rings. The number of nitrogens with two attached hydrogens (primary N) is 1. The summed E-state index contributed by atoms with van der Waals surface area (Å²) in [5.74, 6) is -0.0307. The van der Waals surface area contributed by atoms with Gasteiger partial charge in [0, 0.05) is 22.2 Å². The molecule has 0 saturated heterocycles. The van der Waals surface area contributed by atoms with Gasteiger partial charge in [-0.2, -0.15) is 0 Å². The van der Waals surface area contributed by atoms with Crippen LogP contribution in [-0.4, -0.2) is 12.5 Å². The first-order valence-corrected chi connectivity index (χ1v) is 5.47. The maximum absolute atomic E-state index is 11.3. The normalized spacial score (nSPS) is 9.93. The largest absolute Gasteiger partial charge is 0.330 e. The van der Waals surface area contributed by atoms with Gasteiger partial charge >= 0.3 is 0 Å². The molecule has 1 aromatic rings. The molecule has 0 aliphatic rings. The van der Waals surface area contributed by atoms with Crippen molar-refractivity contribution < 1.29 is 4.79 Å². The smallest absolute Gasteiger partial charge is 0.225 e. The van der Waals surface area contributed by atoms with Gasteiger partial charge in [-0.1, -0.05) is 0 Å². The molecule has 0 aromatic heterocycles. The molecule has 0 spiro atoms. The van der Waals surface area contributed by atoms with Gasteiger partial charge < -0.3 is 11.1 Å². The number of carbonyl (C=O) groups is 1. The van der Waals surface area contributed by atoms with Gasteiger partial charge in [-0.3, -0.25) is 4.79 Å². The fourth-order valence-electron chi connectivity index (χ4n) is 1.11. The van der Waals surface area contributed by atoms with Crippen molar-refractivity contribution >= 4 is 34.2 Å². The molecule has 76 valence electrons. The van der Waals surface area contributed by atoms with Crippen LogP contribution >= 0.6 is 22.6 Å². The highest BCUT2D eigenvalue weighted by molar-refractivity contribution is 14.1. The number of hydrogen-bond acceptors (Lipinski definition) is 2. The second-order valence-electron chi connectivity index (χ2n) is 3.05. The van der Waals surface area contributed by atoms with Gasteiger partial charge in [0.2, 0.25) is 5.91 Å². The van der Waals surface area contributed by atoms with Gasteiger partial charge in [-0.05, 0) is 53.3 Å². The quantitative estimate of drug-likeness (QED) is 0.838. The number of aryl methyl sites for hydroxylation is 1. The Hall–Kier alpha value is -0.620. The Bertz CT molecular complexity index is 339. The number of amides is 1. The predicted molar refractivity (Wildman–Crippen MR) is 66.2 cm³/mol. The van der Waals surface area contributed by atoms with E-state index in [1.54, 1.807) is 0 Å². The number of nitrogens with one attached hydrogen (secondary N) is 1. The van der Waals surface area contributed by atoms with E-state index in [0.717, 1.165) is 14.8 Å². The van der Waals surface area contributed by atoms with Crippen molar-refractivity contribution in [2.45, 2.75) is 13.3 Å². The van der Waals surface area contributed by atoms with Gasteiger partial charge in [-0.15, -0.1) is 0 Å². The molecule has 4 heteroatoms. The first kappa shape index (κ1) is 11.5. The lowest BCUT2D eigenvalue weighted by atomic mass is 10.2. The molecule has 0 aliphatic carbocycles. The van der Waals surface area contributed by atoms with Crippen LogP contribution in [-0.2, 0) is 4.79 Å². The van der Waals surface area contributed by atoms with Gasteiger partial charge in [0.05, 0.1) is 0 Å². The third-order valence-electron chi connectivity index (χ3n) is 1.83. The highest BCUT2D eigenvalue weighted by atomic mass is 127. The Labute approximate surface area is 97.2 Å². The van der Waals surface area contributed by atoms with Crippen molar-refractivity contribution in [3.05, 3.63) is 27.3 Å². The Morgan fingerprint density at radius 2 is 2.29 bits per heavy atom. The second kappa shape index (κ2) is 5.31. The average Bonchev–Trinajstić information content (AvgIpc) is 2.10. The molecule has 0 bridgehead atoms. The zero-order chi connectivity index (χ0) is 10.6. The van der Waals surface area contributed by atoms with E-state index < -0.39 is 0 Å². The third-order valence-corrected chi connectivity index (χ3v) is 2.50. The molecule has 0 heterocycles. The summed E-state index contributed by atoms with van der Waals surface area (Å²) in [5.41, 5.74) is 7.22. The molecule has 1 aromatic carbocycles. The van der Waals surface area contributed by atoms with Gasteiger partial charge in [-0.25, -0.2) is 0 Å². The molecule has 14 heavy (non-hydrogen) atoms. The summed E-state index contributed by atoms with van der Waals surface area (Å²) in [6.45, 7) is 2.36. The highest BCUT2D eigenvalue weighted by Gasteiger charge is 2.03. The van der Waals surface area contributed by atoms with E-state index in [2.05, 4.69) is 27.9 Å². The standard InChI is InChI=1S/C10H13IN2O/c1-7-6-8(11)2-3-9(7)13-10(14)4-5-12/h2-3,6H,4-5,12H2,1H3,(H,13,14). The van der Waals surface area contributed by atoms with E-state index in [9.17, 15) is 4.79 Å². The Morgan fingerprint density at radius 1 is 1.57 bits per heavy atom. The first-order valence-electron chi connectivity index (χ1n) is 4.39. The predicted octanol–water partition coefficient (Wildman–Crippen LogP) is 1.89. The summed E-state index contributed by atoms with van der Waals surface area (Å²) in [6.07, 6.45) is 0.366. The lowest BCUT2D eigenvalue weighted by Gasteiger charge is -2.07. The van der Waals surface area contributed by atoms with Crippen molar-refractivity contribution in [3.63, 3.8) is 0 Å². The Morgan fingerprint density at radius 3 is 2.86 bits per heavy atom. The molecule has 0 atom stereocenters. The van der Waals surface area contributed by atoms with Crippen LogP contribution in [0.2, 0.25) is 0 Å². The number of benzene rings is 1. The third kappa shape index (κ3) is 3.26. The van der Waals surface area contributed by atoms with Crippen LogP contribution in [0.25, 0.3) is 0 Å². The molecule has 0 radical (unpaired) electrons. The van der Waals surface area contributed by atoms with E-state index in [-0.39, 0.29) is 5.91 Å². The molecule has 3 N–H and O–H groups in total. The summed E-state index contributed by atoms with van der Waals surface area (Å²) in [6, 6.07) is 5.90. The molecular weight excluding hydrogens is 291 g/mol. The molecule has 0 unspecified atom stereocenters. The summed E-state index contributed by atoms with van der Waals surface area (Å²) in [5, 5.41) is 2.82. The number of rotatable bonds is 3. The Kier molecular flexibility index (Phi) is 4.34. The summed E-state index contributed by atoms with van der Waals surface area (Å²) in [4.78, 5) is 11.3. The SMILES string of the molecule is Cc1cc(I)ccc1NC(=O)CCN. The lowest BCUT2D eigenvalue weighted by Crippen LogP contribution is -2.16. The molecular formula is C10H13IN2O. The number of anilines is 1. The van der Waals surface area contributed by atoms with Gasteiger partial charge in [0.25, 0.3) is 0 Å². The van der Waals surface area contributed by atoms with Gasteiger partial charge in [0.15, 0.2) is 0 Å². The second-order valence-corrected chi connectivity index (χ2v) is 4.29. The van der Waals surface area contributed by atoms with Crippen LogP contribution in [0.1, 0.15) is 12.0 Å². The fraction of sp³-hybridized carbons (Fsp3) is 0.300. The highest BCUT2D eigenvalue weighted by Crippen LogP contribution is 2.17. The number of hydrogen-bond donors (Lipinski definition) is 2. The van der Waals surface area contributed by atoms with Crippen LogP contribution in [0.5, 0.6) is 0 Å². The van der Waals surface area contributed by atoms with E-state index >= 15 is 0 Å². The van der Waals surface area contributed by atoms with Crippen molar-refractivity contribution in [2.75, 3.05) is 11.9 Å². The maximum atomic E-state index is 11.3. The van der Waals surface area contributed by atoms with Crippen molar-refractivity contribution in [1.29, 1.82) is 0 Å². The summed E-state index contributed by atoms with van der Waals surface area (Å²) >= 11 is 2.24. The van der Waals surface area contributed by atoms with E-state index in [1.165, 1.54) is 0 Å². The molecule has 0 aliphatic heterocycles. The minimum Gasteiger partial charge on any atom is -0.330 e. The monoisotopic (exact) mass is 304 g/mol. The fourth-order valence-corrected chi connectivity index (χ4v) is 1.76. The van der Waals surface area contributed by atoms with Crippen molar-refractivity contribution in [1.82, 2.24) is 0 Å². The topological polar surface area (TPSA) is 55.1 Å². The van der Waals surface area contributed by atoms with E-state index in [0.29, 0.717) is 13.0 Å². The summed E-state index contributed by atoms with van der Waals surface area (Å²) < 4.78 is 1.16. The van der Waals surface area contributed by atoms with Crippen LogP contribution in [0.4, 0.5) is 5.69 Å². The number of halogens is 1. The lowest BCUT2D eigenvalue weighted by molar-refractivity contribution is -0.116. The minimum absolute atomic E-state index is 0.0307.